The van der Waals surface area contributed by atoms with Gasteiger partial charge in [0.05, 0.1) is 10.7 Å². The first kappa shape index (κ1) is 12.6. The number of para-hydroxylation sites is 1. The average Bonchev–Trinajstić information content (AvgIpc) is 2.98. The molecule has 1 atom stereocenters. The third-order valence-electron chi connectivity index (χ3n) is 3.83. The zero-order chi connectivity index (χ0) is 13.5. The number of hydrogen-bond donors (Lipinski definition) is 0. The van der Waals surface area contributed by atoms with Crippen LogP contribution in [-0.4, -0.2) is 39.8 Å². The number of hydrogen-bond acceptors (Lipinski definition) is 3. The first-order valence-electron chi connectivity index (χ1n) is 6.44. The minimum atomic E-state index is 0.0322. The standard InChI is InChI=1S/C14H17ClN4/c1-14(7-8-18(2)9-14)13-16-10-17-19(13)12-6-4-3-5-11(12)15/h3-6,10H,7-9H2,1-2H3/t14-/m1/s1. The fourth-order valence-electron chi connectivity index (χ4n) is 2.83. The Morgan fingerprint density at radius 1 is 1.32 bits per heavy atom. The minimum Gasteiger partial charge on any atom is -0.305 e. The maximum absolute atomic E-state index is 6.27. The van der Waals surface area contributed by atoms with Crippen molar-refractivity contribution in [1.82, 2.24) is 19.7 Å². The highest BCUT2D eigenvalue weighted by molar-refractivity contribution is 6.32. The summed E-state index contributed by atoms with van der Waals surface area (Å²) in [6.07, 6.45) is 2.70. The van der Waals surface area contributed by atoms with Crippen LogP contribution in [0.3, 0.4) is 0 Å². The first-order chi connectivity index (χ1) is 9.10. The molecular formula is C14H17ClN4. The van der Waals surface area contributed by atoms with Crippen LogP contribution in [0.1, 0.15) is 19.2 Å². The van der Waals surface area contributed by atoms with Gasteiger partial charge in [0.15, 0.2) is 0 Å². The number of likely N-dealkylation sites (N-methyl/N-ethyl adjacent to an activating group) is 1. The zero-order valence-corrected chi connectivity index (χ0v) is 11.9. The number of nitrogens with zero attached hydrogens (tertiary/aromatic N) is 4. The molecule has 1 fully saturated rings. The van der Waals surface area contributed by atoms with Crippen LogP contribution in [0.15, 0.2) is 30.6 Å². The fraction of sp³-hybridized carbons (Fsp3) is 0.429. The normalized spacial score (nSPS) is 23.9. The maximum atomic E-state index is 6.27. The predicted molar refractivity (Wildman–Crippen MR) is 75.8 cm³/mol. The quantitative estimate of drug-likeness (QED) is 0.845. The van der Waals surface area contributed by atoms with Crippen molar-refractivity contribution < 1.29 is 0 Å². The number of likely N-dealkylation sites (tertiary alicyclic amines) is 1. The summed E-state index contributed by atoms with van der Waals surface area (Å²) in [5.74, 6) is 0.991. The maximum Gasteiger partial charge on any atom is 0.139 e. The van der Waals surface area contributed by atoms with Crippen molar-refractivity contribution in [2.45, 2.75) is 18.8 Å². The van der Waals surface area contributed by atoms with Gasteiger partial charge in [0, 0.05) is 12.0 Å². The second-order valence-electron chi connectivity index (χ2n) is 5.50. The van der Waals surface area contributed by atoms with Gasteiger partial charge in [-0.25, -0.2) is 9.67 Å². The molecule has 1 saturated heterocycles. The van der Waals surface area contributed by atoms with E-state index >= 15 is 0 Å². The molecule has 0 aliphatic carbocycles. The van der Waals surface area contributed by atoms with Crippen molar-refractivity contribution in [3.8, 4) is 5.69 Å². The number of aromatic nitrogens is 3. The zero-order valence-electron chi connectivity index (χ0n) is 11.2. The Morgan fingerprint density at radius 2 is 2.11 bits per heavy atom. The van der Waals surface area contributed by atoms with Crippen molar-refractivity contribution in [2.75, 3.05) is 20.1 Å². The summed E-state index contributed by atoms with van der Waals surface area (Å²) in [7, 11) is 2.14. The molecule has 1 aliphatic heterocycles. The molecule has 1 aromatic heterocycles. The SMILES string of the molecule is CN1CC[C@@](C)(c2ncnn2-c2ccccc2Cl)C1. The van der Waals surface area contributed by atoms with Gasteiger partial charge >= 0.3 is 0 Å². The summed E-state index contributed by atoms with van der Waals surface area (Å²) < 4.78 is 1.88. The lowest BCUT2D eigenvalue weighted by molar-refractivity contribution is 0.370. The monoisotopic (exact) mass is 276 g/mol. The number of rotatable bonds is 2. The van der Waals surface area contributed by atoms with E-state index < -0.39 is 0 Å². The van der Waals surface area contributed by atoms with Crippen molar-refractivity contribution in [3.05, 3.63) is 41.4 Å². The highest BCUT2D eigenvalue weighted by Crippen LogP contribution is 2.33. The van der Waals surface area contributed by atoms with Crippen molar-refractivity contribution >= 4 is 11.6 Å². The van der Waals surface area contributed by atoms with Crippen molar-refractivity contribution in [3.63, 3.8) is 0 Å². The third-order valence-corrected chi connectivity index (χ3v) is 4.15. The van der Waals surface area contributed by atoms with Crippen LogP contribution >= 0.6 is 11.6 Å². The fourth-order valence-corrected chi connectivity index (χ4v) is 3.04. The van der Waals surface area contributed by atoms with E-state index in [0.717, 1.165) is 31.0 Å². The molecule has 1 aliphatic rings. The molecule has 2 aromatic rings. The molecular weight excluding hydrogens is 260 g/mol. The summed E-state index contributed by atoms with van der Waals surface area (Å²) in [6.45, 7) is 4.33. The van der Waals surface area contributed by atoms with Crippen LogP contribution < -0.4 is 0 Å². The Kier molecular flexibility index (Phi) is 3.07. The van der Waals surface area contributed by atoms with E-state index in [4.69, 9.17) is 11.6 Å². The molecule has 3 rings (SSSR count). The lowest BCUT2D eigenvalue weighted by Crippen LogP contribution is -2.29. The number of benzene rings is 1. The molecule has 5 heteroatoms. The lowest BCUT2D eigenvalue weighted by atomic mass is 9.88. The Morgan fingerprint density at radius 3 is 2.79 bits per heavy atom. The van der Waals surface area contributed by atoms with Gasteiger partial charge in [-0.3, -0.25) is 0 Å². The summed E-state index contributed by atoms with van der Waals surface area (Å²) in [6, 6.07) is 7.75. The van der Waals surface area contributed by atoms with E-state index in [9.17, 15) is 0 Å². The highest BCUT2D eigenvalue weighted by atomic mass is 35.5. The van der Waals surface area contributed by atoms with Crippen LogP contribution in [-0.2, 0) is 5.41 Å². The van der Waals surface area contributed by atoms with Gasteiger partial charge < -0.3 is 4.90 Å². The molecule has 19 heavy (non-hydrogen) atoms. The van der Waals surface area contributed by atoms with Gasteiger partial charge in [-0.15, -0.1) is 0 Å². The summed E-state index contributed by atoms with van der Waals surface area (Å²) in [5, 5.41) is 5.06. The predicted octanol–water partition coefficient (Wildman–Crippen LogP) is 2.51. The smallest absolute Gasteiger partial charge is 0.139 e. The van der Waals surface area contributed by atoms with Gasteiger partial charge in [0.2, 0.25) is 0 Å². The van der Waals surface area contributed by atoms with Crippen molar-refractivity contribution in [2.24, 2.45) is 0 Å². The van der Waals surface area contributed by atoms with Crippen molar-refractivity contribution in [1.29, 1.82) is 0 Å². The van der Waals surface area contributed by atoms with Crippen LogP contribution in [0.5, 0.6) is 0 Å². The molecule has 0 spiro atoms. The van der Waals surface area contributed by atoms with Crippen LogP contribution in [0.25, 0.3) is 5.69 Å². The average molecular weight is 277 g/mol. The molecule has 0 N–H and O–H groups in total. The molecule has 1 aromatic carbocycles. The van der Waals surface area contributed by atoms with Gasteiger partial charge in [-0.1, -0.05) is 30.7 Å². The molecule has 0 saturated carbocycles. The first-order valence-corrected chi connectivity index (χ1v) is 6.82. The molecule has 2 heterocycles. The molecule has 100 valence electrons. The highest BCUT2D eigenvalue weighted by Gasteiger charge is 2.38. The summed E-state index contributed by atoms with van der Waals surface area (Å²) in [5.41, 5.74) is 0.928. The van der Waals surface area contributed by atoms with E-state index in [1.165, 1.54) is 0 Å². The van der Waals surface area contributed by atoms with E-state index in [0.29, 0.717) is 5.02 Å². The Bertz CT molecular complexity index is 595. The molecule has 0 amide bonds. The Labute approximate surface area is 118 Å². The van der Waals surface area contributed by atoms with Gasteiger partial charge in [0.25, 0.3) is 0 Å². The Hall–Kier alpha value is -1.39. The van der Waals surface area contributed by atoms with E-state index in [1.54, 1.807) is 6.33 Å². The van der Waals surface area contributed by atoms with Crippen LogP contribution in [0, 0.1) is 0 Å². The molecule has 0 radical (unpaired) electrons. The largest absolute Gasteiger partial charge is 0.305 e. The lowest BCUT2D eigenvalue weighted by Gasteiger charge is -2.23. The number of halogens is 1. The molecule has 0 bridgehead atoms. The van der Waals surface area contributed by atoms with Crippen LogP contribution in [0.4, 0.5) is 0 Å². The Balaban J connectivity index is 2.07. The van der Waals surface area contributed by atoms with Gasteiger partial charge in [-0.05, 0) is 32.1 Å². The minimum absolute atomic E-state index is 0.0322. The summed E-state index contributed by atoms with van der Waals surface area (Å²) in [4.78, 5) is 6.81. The second kappa shape index (κ2) is 4.62. The molecule has 0 unspecified atom stereocenters. The van der Waals surface area contributed by atoms with E-state index in [2.05, 4.69) is 29.0 Å². The van der Waals surface area contributed by atoms with E-state index in [1.807, 2.05) is 28.9 Å². The topological polar surface area (TPSA) is 34.0 Å². The van der Waals surface area contributed by atoms with E-state index in [-0.39, 0.29) is 5.41 Å². The van der Waals surface area contributed by atoms with Crippen LogP contribution in [0.2, 0.25) is 5.02 Å². The summed E-state index contributed by atoms with van der Waals surface area (Å²) >= 11 is 6.27. The second-order valence-corrected chi connectivity index (χ2v) is 5.90. The van der Waals surface area contributed by atoms with Gasteiger partial charge in [-0.2, -0.15) is 5.10 Å². The molecule has 4 nitrogen and oxygen atoms in total. The van der Waals surface area contributed by atoms with Gasteiger partial charge in [0.1, 0.15) is 12.2 Å². The third kappa shape index (κ3) is 2.15.